The molecule has 0 saturated carbocycles. The van der Waals surface area contributed by atoms with Crippen LogP contribution in [0.4, 0.5) is 5.69 Å². The molecule has 1 aromatic heterocycles. The second-order valence-electron chi connectivity index (χ2n) is 13.7. The number of hydrogen-bond acceptors (Lipinski definition) is 3. The van der Waals surface area contributed by atoms with Gasteiger partial charge < -0.3 is 14.7 Å². The molecule has 8 rings (SSSR count). The molecular formula is C51H40N2O. The van der Waals surface area contributed by atoms with Crippen molar-refractivity contribution in [2.45, 2.75) is 12.3 Å². The van der Waals surface area contributed by atoms with Crippen molar-refractivity contribution in [3.05, 3.63) is 241 Å². The average Bonchev–Trinajstić information content (AvgIpc) is 3.60. The molecule has 0 aliphatic carbocycles. The number of nitrogens with zero attached hydrogens (tertiary/aromatic N) is 1. The highest BCUT2D eigenvalue weighted by Gasteiger charge is 2.37. The summed E-state index contributed by atoms with van der Waals surface area (Å²) in [6, 6.07) is 51.9. The quantitative estimate of drug-likeness (QED) is 0.169. The predicted molar refractivity (Wildman–Crippen MR) is 228 cm³/mol. The van der Waals surface area contributed by atoms with E-state index in [1.165, 1.54) is 5.56 Å². The van der Waals surface area contributed by atoms with Crippen LogP contribution < -0.4 is 4.90 Å². The Morgan fingerprint density at radius 3 is 2.09 bits per heavy atom. The average molecular weight is 697 g/mol. The van der Waals surface area contributed by atoms with Gasteiger partial charge in [-0.1, -0.05) is 147 Å². The maximum Gasteiger partial charge on any atom is 0.135 e. The first kappa shape index (κ1) is 34.1. The molecule has 1 aliphatic heterocycles. The Bertz CT molecular complexity index is 2660. The highest BCUT2D eigenvalue weighted by atomic mass is 16.3. The van der Waals surface area contributed by atoms with E-state index >= 15 is 0 Å². The molecule has 0 amide bonds. The van der Waals surface area contributed by atoms with Crippen LogP contribution in [0.15, 0.2) is 223 Å². The smallest absolute Gasteiger partial charge is 0.135 e. The summed E-state index contributed by atoms with van der Waals surface area (Å²) in [7, 11) is 0. The van der Waals surface area contributed by atoms with Crippen molar-refractivity contribution in [2.24, 2.45) is 0 Å². The van der Waals surface area contributed by atoms with Crippen LogP contribution in [0.1, 0.15) is 29.2 Å². The molecule has 1 atom stereocenters. The highest BCUT2D eigenvalue weighted by Crippen LogP contribution is 2.43. The van der Waals surface area contributed by atoms with Crippen molar-refractivity contribution in [3.8, 4) is 11.1 Å². The van der Waals surface area contributed by atoms with E-state index in [-0.39, 0.29) is 0 Å². The van der Waals surface area contributed by atoms with Gasteiger partial charge in [-0.15, -0.1) is 0 Å². The van der Waals surface area contributed by atoms with Gasteiger partial charge in [-0.3, -0.25) is 0 Å². The van der Waals surface area contributed by atoms with E-state index < -0.39 is 5.41 Å². The van der Waals surface area contributed by atoms with Gasteiger partial charge in [0.2, 0.25) is 0 Å². The fourth-order valence-corrected chi connectivity index (χ4v) is 7.31. The molecule has 7 aromatic rings. The lowest BCUT2D eigenvalue weighted by molar-refractivity contribution is 0.667. The summed E-state index contributed by atoms with van der Waals surface area (Å²) in [5.74, 6) is 0. The van der Waals surface area contributed by atoms with E-state index in [0.29, 0.717) is 5.71 Å². The molecule has 3 nitrogen and oxygen atoms in total. The molecular weight excluding hydrogens is 657 g/mol. The van der Waals surface area contributed by atoms with Gasteiger partial charge in [0.1, 0.15) is 11.2 Å². The van der Waals surface area contributed by atoms with E-state index in [9.17, 15) is 5.41 Å². The van der Waals surface area contributed by atoms with Crippen LogP contribution in [0.5, 0.6) is 0 Å². The number of nitrogens with one attached hydrogen (secondary N) is 1. The third kappa shape index (κ3) is 6.48. The van der Waals surface area contributed by atoms with Crippen LogP contribution in [-0.2, 0) is 5.41 Å². The van der Waals surface area contributed by atoms with Crippen LogP contribution in [0.25, 0.3) is 38.6 Å². The van der Waals surface area contributed by atoms with Crippen LogP contribution in [0.3, 0.4) is 0 Å². The summed E-state index contributed by atoms with van der Waals surface area (Å²) in [5, 5.41) is 11.7. The SMILES string of the molecule is C=C1/C=C\C=C/N(c2cccc(-c3ccccc3)c2)/C=C\C(c2ccc3oc4cccc(C(C)(C(=N)c5ccccc5)c5ccccc5)c4c3c2)=C/C1=C. The van der Waals surface area contributed by atoms with Crippen molar-refractivity contribution >= 4 is 38.9 Å². The molecule has 6 aromatic carbocycles. The Morgan fingerprint density at radius 1 is 0.611 bits per heavy atom. The monoisotopic (exact) mass is 696 g/mol. The molecule has 0 fully saturated rings. The zero-order chi connectivity index (χ0) is 37.1. The molecule has 0 spiro atoms. The molecule has 3 heteroatoms. The van der Waals surface area contributed by atoms with Crippen molar-refractivity contribution in [2.75, 3.05) is 4.90 Å². The van der Waals surface area contributed by atoms with Gasteiger partial charge in [-0.2, -0.15) is 0 Å². The molecule has 0 radical (unpaired) electrons. The third-order valence-electron chi connectivity index (χ3n) is 10.3. The van der Waals surface area contributed by atoms with Crippen LogP contribution in [0, 0.1) is 5.41 Å². The summed E-state index contributed by atoms with van der Waals surface area (Å²) in [6.07, 6.45) is 14.4. The van der Waals surface area contributed by atoms with Gasteiger partial charge in [-0.25, -0.2) is 0 Å². The maximum absolute atomic E-state index is 9.71. The van der Waals surface area contributed by atoms with E-state index in [0.717, 1.165) is 72.2 Å². The number of hydrogen-bond donors (Lipinski definition) is 1. The number of rotatable bonds is 7. The van der Waals surface area contributed by atoms with Crippen molar-refractivity contribution in [1.29, 1.82) is 5.41 Å². The molecule has 260 valence electrons. The first-order valence-corrected chi connectivity index (χ1v) is 18.1. The second-order valence-corrected chi connectivity index (χ2v) is 13.7. The fourth-order valence-electron chi connectivity index (χ4n) is 7.31. The molecule has 1 aliphatic rings. The van der Waals surface area contributed by atoms with Crippen molar-refractivity contribution in [1.82, 2.24) is 0 Å². The summed E-state index contributed by atoms with van der Waals surface area (Å²) >= 11 is 0. The molecule has 54 heavy (non-hydrogen) atoms. The lowest BCUT2D eigenvalue weighted by Crippen LogP contribution is -2.34. The Morgan fingerprint density at radius 2 is 1.31 bits per heavy atom. The molecule has 2 heterocycles. The minimum atomic E-state index is -0.776. The van der Waals surface area contributed by atoms with E-state index in [2.05, 4.69) is 134 Å². The summed E-state index contributed by atoms with van der Waals surface area (Å²) in [5.41, 5.74) is 11.2. The zero-order valence-corrected chi connectivity index (χ0v) is 30.2. The summed E-state index contributed by atoms with van der Waals surface area (Å²) in [4.78, 5) is 2.13. The normalized spacial score (nSPS) is 17.3. The van der Waals surface area contributed by atoms with Gasteiger partial charge in [0.15, 0.2) is 0 Å². The molecule has 1 N–H and O–H groups in total. The standard InChI is InChI=1S/C51H40N2O/c1-36-17-13-14-31-53(44-25-15-22-40(34-44)38-18-7-4-8-19-38)32-30-42(33-37(36)2)41-28-29-47-45(35-41)49-46(26-16-27-48(49)54-47)51(3,43-23-11-6-12-24-43)50(52)39-20-9-5-10-21-39/h4-35,52H,1-2H2,3H3/b17-13-,31-14-,32-30-,42-33+,52-50?. The lowest BCUT2D eigenvalue weighted by Gasteiger charge is -2.33. The number of anilines is 1. The van der Waals surface area contributed by atoms with Gasteiger partial charge in [0.25, 0.3) is 0 Å². The fraction of sp³-hybridized carbons (Fsp3) is 0.0392. The summed E-state index contributed by atoms with van der Waals surface area (Å²) < 4.78 is 6.54. The number of benzene rings is 6. The minimum absolute atomic E-state index is 0.522. The second kappa shape index (κ2) is 14.6. The lowest BCUT2D eigenvalue weighted by atomic mass is 9.69. The predicted octanol–water partition coefficient (Wildman–Crippen LogP) is 13.2. The minimum Gasteiger partial charge on any atom is -0.456 e. The van der Waals surface area contributed by atoms with Crippen molar-refractivity contribution in [3.63, 3.8) is 0 Å². The third-order valence-corrected chi connectivity index (χ3v) is 10.3. The Labute approximate surface area is 317 Å². The van der Waals surface area contributed by atoms with E-state index in [1.807, 2.05) is 85.0 Å². The number of fused-ring (bicyclic) bond motifs is 3. The zero-order valence-electron chi connectivity index (χ0n) is 30.2. The first-order valence-electron chi connectivity index (χ1n) is 18.1. The van der Waals surface area contributed by atoms with E-state index in [1.54, 1.807) is 0 Å². The molecule has 0 saturated heterocycles. The van der Waals surface area contributed by atoms with Gasteiger partial charge in [0.05, 0.1) is 11.1 Å². The topological polar surface area (TPSA) is 40.2 Å². The molecule has 0 bridgehead atoms. The van der Waals surface area contributed by atoms with Gasteiger partial charge in [-0.05, 0) is 106 Å². The first-order chi connectivity index (χ1) is 26.4. The molecule has 1 unspecified atom stereocenters. The maximum atomic E-state index is 9.71. The van der Waals surface area contributed by atoms with Gasteiger partial charge in [0, 0.05) is 28.9 Å². The van der Waals surface area contributed by atoms with Crippen LogP contribution in [-0.4, -0.2) is 5.71 Å². The Kier molecular flexibility index (Phi) is 9.21. The van der Waals surface area contributed by atoms with Gasteiger partial charge >= 0.3 is 0 Å². The summed E-state index contributed by atoms with van der Waals surface area (Å²) in [6.45, 7) is 10.8. The highest BCUT2D eigenvalue weighted by molar-refractivity contribution is 6.14. The number of furan rings is 1. The van der Waals surface area contributed by atoms with Crippen LogP contribution >= 0.6 is 0 Å². The largest absolute Gasteiger partial charge is 0.456 e. The van der Waals surface area contributed by atoms with E-state index in [4.69, 9.17) is 4.42 Å². The van der Waals surface area contributed by atoms with Crippen molar-refractivity contribution < 1.29 is 4.42 Å². The van der Waals surface area contributed by atoms with Crippen LogP contribution in [0.2, 0.25) is 0 Å². The Balaban J connectivity index is 1.28. The Hall–Kier alpha value is -6.97. The number of allylic oxidation sites excluding steroid dienone is 8.